The second-order valence-corrected chi connectivity index (χ2v) is 5.16. The SMILES string of the molecule is COCCCN=C1N=C(SC)N(N)C(C(C)C)N1. The van der Waals surface area contributed by atoms with E-state index in [-0.39, 0.29) is 6.17 Å². The van der Waals surface area contributed by atoms with Gasteiger partial charge in [-0.1, -0.05) is 25.6 Å². The fourth-order valence-corrected chi connectivity index (χ4v) is 2.12. The Morgan fingerprint density at radius 3 is 2.89 bits per heavy atom. The molecule has 18 heavy (non-hydrogen) atoms. The number of ether oxygens (including phenoxy) is 1. The number of guanidine groups is 1. The van der Waals surface area contributed by atoms with Crippen molar-refractivity contribution in [2.75, 3.05) is 26.5 Å². The first kappa shape index (κ1) is 15.3. The maximum atomic E-state index is 6.02. The van der Waals surface area contributed by atoms with E-state index in [1.54, 1.807) is 12.1 Å². The number of methoxy groups -OCH3 is 1. The zero-order valence-electron chi connectivity index (χ0n) is 11.5. The molecule has 0 aliphatic carbocycles. The van der Waals surface area contributed by atoms with E-state index < -0.39 is 0 Å². The summed E-state index contributed by atoms with van der Waals surface area (Å²) < 4.78 is 4.99. The molecule has 7 heteroatoms. The number of nitrogens with two attached hydrogens (primary N) is 1. The third kappa shape index (κ3) is 4.15. The summed E-state index contributed by atoms with van der Waals surface area (Å²) in [4.78, 5) is 8.82. The number of hydrazine groups is 1. The Balaban J connectivity index is 2.71. The van der Waals surface area contributed by atoms with Crippen LogP contribution < -0.4 is 11.2 Å². The molecule has 1 rings (SSSR count). The lowest BCUT2D eigenvalue weighted by Gasteiger charge is -2.36. The smallest absolute Gasteiger partial charge is 0.222 e. The second kappa shape index (κ2) is 7.60. The molecule has 0 radical (unpaired) electrons. The van der Waals surface area contributed by atoms with Crippen LogP contribution in [0, 0.1) is 5.92 Å². The van der Waals surface area contributed by atoms with Crippen LogP contribution in [-0.4, -0.2) is 48.8 Å². The van der Waals surface area contributed by atoms with E-state index in [0.717, 1.165) is 11.6 Å². The van der Waals surface area contributed by atoms with Gasteiger partial charge in [-0.15, -0.1) is 0 Å². The summed E-state index contributed by atoms with van der Waals surface area (Å²) in [6, 6.07) is 0. The molecular weight excluding hydrogens is 250 g/mol. The molecule has 1 aliphatic rings. The predicted octanol–water partition coefficient (Wildman–Crippen LogP) is 0.859. The Hall–Kier alpha value is -0.790. The number of rotatable bonds is 5. The topological polar surface area (TPSA) is 75.2 Å². The van der Waals surface area contributed by atoms with Crippen LogP contribution in [0.3, 0.4) is 0 Å². The zero-order valence-corrected chi connectivity index (χ0v) is 12.3. The van der Waals surface area contributed by atoms with E-state index in [4.69, 9.17) is 10.6 Å². The van der Waals surface area contributed by atoms with E-state index in [1.807, 2.05) is 6.26 Å². The molecule has 0 saturated carbocycles. The van der Waals surface area contributed by atoms with Crippen molar-refractivity contribution >= 4 is 22.9 Å². The first-order valence-electron chi connectivity index (χ1n) is 6.06. The Morgan fingerprint density at radius 1 is 1.61 bits per heavy atom. The van der Waals surface area contributed by atoms with Gasteiger partial charge in [0.25, 0.3) is 0 Å². The maximum Gasteiger partial charge on any atom is 0.222 e. The van der Waals surface area contributed by atoms with Gasteiger partial charge in [0, 0.05) is 20.3 Å². The lowest BCUT2D eigenvalue weighted by atomic mass is 10.1. The van der Waals surface area contributed by atoms with Gasteiger partial charge in [-0.05, 0) is 18.6 Å². The normalized spacial score (nSPS) is 22.3. The van der Waals surface area contributed by atoms with Gasteiger partial charge < -0.3 is 10.1 Å². The summed E-state index contributed by atoms with van der Waals surface area (Å²) in [6.45, 7) is 5.65. The van der Waals surface area contributed by atoms with Crippen molar-refractivity contribution in [1.29, 1.82) is 0 Å². The van der Waals surface area contributed by atoms with Crippen LogP contribution >= 0.6 is 11.8 Å². The van der Waals surface area contributed by atoms with E-state index >= 15 is 0 Å². The van der Waals surface area contributed by atoms with Crippen LogP contribution in [0.15, 0.2) is 9.98 Å². The average Bonchev–Trinajstić information content (AvgIpc) is 2.35. The van der Waals surface area contributed by atoms with Crippen LogP contribution in [0.5, 0.6) is 0 Å². The van der Waals surface area contributed by atoms with Crippen molar-refractivity contribution in [2.24, 2.45) is 21.7 Å². The molecule has 0 aromatic heterocycles. The largest absolute Gasteiger partial charge is 0.385 e. The Labute approximate surface area is 113 Å². The Morgan fingerprint density at radius 2 is 2.33 bits per heavy atom. The maximum absolute atomic E-state index is 6.02. The summed E-state index contributed by atoms with van der Waals surface area (Å²) in [5, 5.41) is 5.71. The summed E-state index contributed by atoms with van der Waals surface area (Å²) in [7, 11) is 1.69. The predicted molar refractivity (Wildman–Crippen MR) is 77.5 cm³/mol. The van der Waals surface area contributed by atoms with Gasteiger partial charge in [0.1, 0.15) is 6.17 Å². The summed E-state index contributed by atoms with van der Waals surface area (Å²) in [5.74, 6) is 7.05. The molecule has 6 nitrogen and oxygen atoms in total. The summed E-state index contributed by atoms with van der Waals surface area (Å²) in [5.41, 5.74) is 0. The Kier molecular flexibility index (Phi) is 6.45. The second-order valence-electron chi connectivity index (χ2n) is 4.39. The van der Waals surface area contributed by atoms with Crippen LogP contribution in [0.1, 0.15) is 20.3 Å². The van der Waals surface area contributed by atoms with Crippen molar-refractivity contribution in [1.82, 2.24) is 10.3 Å². The van der Waals surface area contributed by atoms with Gasteiger partial charge in [0.2, 0.25) is 5.96 Å². The molecule has 0 amide bonds. The van der Waals surface area contributed by atoms with Crippen LogP contribution in [-0.2, 0) is 4.74 Å². The lowest BCUT2D eigenvalue weighted by molar-refractivity contribution is 0.196. The van der Waals surface area contributed by atoms with E-state index in [2.05, 4.69) is 29.1 Å². The lowest BCUT2D eigenvalue weighted by Crippen LogP contribution is -2.59. The molecule has 104 valence electrons. The number of aliphatic imine (C=N–C) groups is 2. The van der Waals surface area contributed by atoms with Crippen molar-refractivity contribution in [2.45, 2.75) is 26.4 Å². The standard InChI is InChI=1S/C11H23N5OS/c1-8(2)9-14-10(13-6-5-7-17-3)15-11(18-4)16(9)12/h8-9H,5-7,12H2,1-4H3,(H,13,14). The molecule has 1 aliphatic heterocycles. The highest BCUT2D eigenvalue weighted by Crippen LogP contribution is 2.14. The van der Waals surface area contributed by atoms with Gasteiger partial charge in [-0.25, -0.2) is 5.84 Å². The average molecular weight is 273 g/mol. The van der Waals surface area contributed by atoms with Crippen LogP contribution in [0.2, 0.25) is 0 Å². The highest BCUT2D eigenvalue weighted by Gasteiger charge is 2.27. The van der Waals surface area contributed by atoms with Crippen LogP contribution in [0.25, 0.3) is 0 Å². The molecule has 0 saturated heterocycles. The molecular formula is C11H23N5OS. The molecule has 0 aromatic rings. The Bertz CT molecular complexity index is 319. The molecule has 0 bridgehead atoms. The van der Waals surface area contributed by atoms with Crippen molar-refractivity contribution in [3.05, 3.63) is 0 Å². The third-order valence-corrected chi connectivity index (χ3v) is 3.25. The molecule has 0 spiro atoms. The highest BCUT2D eigenvalue weighted by atomic mass is 32.2. The fraction of sp³-hybridized carbons (Fsp3) is 0.818. The van der Waals surface area contributed by atoms with Gasteiger partial charge in [-0.3, -0.25) is 10.0 Å². The number of hydrogen-bond acceptors (Lipinski definition) is 5. The van der Waals surface area contributed by atoms with Crippen molar-refractivity contribution in [3.63, 3.8) is 0 Å². The summed E-state index contributed by atoms with van der Waals surface area (Å²) in [6.07, 6.45) is 2.89. The van der Waals surface area contributed by atoms with E-state index in [1.165, 1.54) is 11.8 Å². The molecule has 1 heterocycles. The minimum Gasteiger partial charge on any atom is -0.385 e. The van der Waals surface area contributed by atoms with Crippen LogP contribution in [0.4, 0.5) is 0 Å². The highest BCUT2D eigenvalue weighted by molar-refractivity contribution is 8.13. The molecule has 0 fully saturated rings. The van der Waals surface area contributed by atoms with Gasteiger partial charge in [0.05, 0.1) is 0 Å². The van der Waals surface area contributed by atoms with E-state index in [0.29, 0.717) is 25.0 Å². The minimum absolute atomic E-state index is 0.0334. The number of nitrogens with one attached hydrogen (secondary N) is 1. The molecule has 3 N–H and O–H groups in total. The summed E-state index contributed by atoms with van der Waals surface area (Å²) >= 11 is 1.53. The quantitative estimate of drug-likeness (QED) is 0.574. The first-order valence-corrected chi connectivity index (χ1v) is 7.29. The first-order chi connectivity index (χ1) is 8.60. The van der Waals surface area contributed by atoms with Gasteiger partial charge in [0.15, 0.2) is 5.17 Å². The molecule has 1 atom stereocenters. The van der Waals surface area contributed by atoms with E-state index in [9.17, 15) is 0 Å². The number of thioether (sulfide) groups is 1. The molecule has 0 aromatic carbocycles. The van der Waals surface area contributed by atoms with Crippen molar-refractivity contribution < 1.29 is 4.74 Å². The fourth-order valence-electron chi connectivity index (χ4n) is 1.62. The third-order valence-electron chi connectivity index (χ3n) is 2.58. The van der Waals surface area contributed by atoms with Gasteiger partial charge >= 0.3 is 0 Å². The minimum atomic E-state index is 0.0334. The molecule has 1 unspecified atom stereocenters. The number of hydrogen-bond donors (Lipinski definition) is 2. The van der Waals surface area contributed by atoms with Gasteiger partial charge in [-0.2, -0.15) is 4.99 Å². The van der Waals surface area contributed by atoms with Crippen molar-refractivity contribution in [3.8, 4) is 0 Å². The number of nitrogens with zero attached hydrogens (tertiary/aromatic N) is 3. The zero-order chi connectivity index (χ0) is 13.5. The number of amidine groups is 1. The monoisotopic (exact) mass is 273 g/mol.